The van der Waals surface area contributed by atoms with Crippen LogP contribution in [-0.4, -0.2) is 49.9 Å². The monoisotopic (exact) mass is 554 g/mol. The molecule has 0 saturated carbocycles. The predicted molar refractivity (Wildman–Crippen MR) is 152 cm³/mol. The third-order valence-corrected chi connectivity index (χ3v) is 6.21. The maximum absolute atomic E-state index is 13.4. The Hall–Kier alpha value is -3.91. The number of methoxy groups -OCH3 is 2. The lowest BCUT2D eigenvalue weighted by Crippen LogP contribution is -2.39. The van der Waals surface area contributed by atoms with Crippen molar-refractivity contribution in [3.8, 4) is 17.2 Å². The molecular formula is C30H35ClN2O6. The molecule has 39 heavy (non-hydrogen) atoms. The summed E-state index contributed by atoms with van der Waals surface area (Å²) in [6.07, 6.45) is 0.638. The summed E-state index contributed by atoms with van der Waals surface area (Å²) in [4.78, 5) is 27.3. The van der Waals surface area contributed by atoms with Crippen molar-refractivity contribution in [2.75, 3.05) is 32.7 Å². The summed E-state index contributed by atoms with van der Waals surface area (Å²) in [6.45, 7) is 6.16. The van der Waals surface area contributed by atoms with Crippen molar-refractivity contribution in [3.63, 3.8) is 0 Å². The van der Waals surface area contributed by atoms with Gasteiger partial charge in [0.25, 0.3) is 0 Å². The molecule has 0 heterocycles. The van der Waals surface area contributed by atoms with E-state index in [4.69, 9.17) is 30.5 Å². The van der Waals surface area contributed by atoms with E-state index in [1.54, 1.807) is 63.1 Å². The van der Waals surface area contributed by atoms with Gasteiger partial charge in [-0.2, -0.15) is 0 Å². The first kappa shape index (κ1) is 29.6. The largest absolute Gasteiger partial charge is 0.497 e. The number of nitrogens with zero attached hydrogens (tertiary/aromatic N) is 1. The fourth-order valence-corrected chi connectivity index (χ4v) is 3.91. The molecule has 1 N–H and O–H groups in total. The maximum atomic E-state index is 13.4. The van der Waals surface area contributed by atoms with E-state index in [9.17, 15) is 9.59 Å². The van der Waals surface area contributed by atoms with Crippen molar-refractivity contribution in [2.24, 2.45) is 0 Å². The summed E-state index contributed by atoms with van der Waals surface area (Å²) in [5, 5.41) is 3.62. The van der Waals surface area contributed by atoms with E-state index < -0.39 is 11.6 Å². The van der Waals surface area contributed by atoms with Gasteiger partial charge in [-0.1, -0.05) is 35.9 Å². The molecule has 9 heteroatoms. The Labute approximate surface area is 234 Å². The summed E-state index contributed by atoms with van der Waals surface area (Å²) in [6, 6.07) is 19.8. The number of rotatable bonds is 12. The van der Waals surface area contributed by atoms with Crippen LogP contribution >= 0.6 is 11.6 Å². The Morgan fingerprint density at radius 3 is 2.15 bits per heavy atom. The van der Waals surface area contributed by atoms with Gasteiger partial charge in [-0.25, -0.2) is 9.59 Å². The van der Waals surface area contributed by atoms with Crippen LogP contribution < -0.4 is 19.5 Å². The Bertz CT molecular complexity index is 1250. The first-order chi connectivity index (χ1) is 18.6. The molecule has 3 rings (SSSR count). The average molecular weight is 555 g/mol. The summed E-state index contributed by atoms with van der Waals surface area (Å²) in [5.41, 5.74) is 1.36. The predicted octanol–water partition coefficient (Wildman–Crippen LogP) is 6.35. The minimum atomic E-state index is -1.13. The highest BCUT2D eigenvalue weighted by Gasteiger charge is 2.31. The molecule has 0 spiro atoms. The van der Waals surface area contributed by atoms with E-state index in [-0.39, 0.29) is 12.6 Å². The number of ether oxygens (including phenoxy) is 4. The van der Waals surface area contributed by atoms with Crippen LogP contribution in [0.5, 0.6) is 17.2 Å². The smallest absolute Gasteiger partial charge is 0.349 e. The van der Waals surface area contributed by atoms with Crippen LogP contribution in [0.15, 0.2) is 66.7 Å². The zero-order valence-electron chi connectivity index (χ0n) is 23.0. The zero-order chi connectivity index (χ0) is 28.4. The molecule has 208 valence electrons. The molecule has 0 aromatic heterocycles. The van der Waals surface area contributed by atoms with E-state index in [2.05, 4.69) is 5.32 Å². The maximum Gasteiger partial charge on any atom is 0.349 e. The van der Waals surface area contributed by atoms with Crippen LogP contribution in [0.1, 0.15) is 31.9 Å². The minimum Gasteiger partial charge on any atom is -0.497 e. The first-order valence-corrected chi connectivity index (χ1v) is 13.0. The summed E-state index contributed by atoms with van der Waals surface area (Å²) in [7, 11) is 3.11. The van der Waals surface area contributed by atoms with Gasteiger partial charge in [0.2, 0.25) is 0 Å². The van der Waals surface area contributed by atoms with Gasteiger partial charge in [0.05, 0.1) is 26.5 Å². The fraction of sp³-hybridized carbons (Fsp3) is 0.333. The number of hydrogen-bond acceptors (Lipinski definition) is 6. The van der Waals surface area contributed by atoms with Crippen molar-refractivity contribution in [1.29, 1.82) is 0 Å². The lowest BCUT2D eigenvalue weighted by atomic mass is 10.1. The fourth-order valence-electron chi connectivity index (χ4n) is 3.79. The van der Waals surface area contributed by atoms with Crippen LogP contribution in [0.25, 0.3) is 0 Å². The molecular weight excluding hydrogens is 520 g/mol. The van der Waals surface area contributed by atoms with Crippen LogP contribution in [0.2, 0.25) is 5.02 Å². The molecule has 0 aliphatic rings. The van der Waals surface area contributed by atoms with Crippen LogP contribution in [0.3, 0.4) is 0 Å². The molecule has 2 amide bonds. The third-order valence-electron chi connectivity index (χ3n) is 5.96. The second kappa shape index (κ2) is 13.8. The van der Waals surface area contributed by atoms with Gasteiger partial charge in [0, 0.05) is 24.2 Å². The van der Waals surface area contributed by atoms with E-state index in [0.29, 0.717) is 47.5 Å². The van der Waals surface area contributed by atoms with Gasteiger partial charge in [-0.05, 0) is 74.7 Å². The Balaban J connectivity index is 1.76. The van der Waals surface area contributed by atoms with Crippen LogP contribution in [0, 0.1) is 0 Å². The number of nitrogens with one attached hydrogen (secondary N) is 1. The number of carbonyl (C=O) groups excluding carboxylic acids is 2. The molecule has 0 atom stereocenters. The minimum absolute atomic E-state index is 0.279. The molecule has 0 radical (unpaired) electrons. The standard InChI is InChI=1S/C30H35ClN2O6/c1-6-38-28(34)30(2,3)39-24-13-9-22(10-14-24)20-33(18-17-21-7-11-23(31)12-8-21)29(35)32-26-16-15-25(36-4)19-27(26)37-5/h7-16,19H,6,17-18,20H2,1-5H3,(H,32,35). The number of benzene rings is 3. The number of hydrogen-bond donors (Lipinski definition) is 1. The van der Waals surface area contributed by atoms with Gasteiger partial charge >= 0.3 is 12.0 Å². The van der Waals surface area contributed by atoms with Crippen molar-refractivity contribution in [1.82, 2.24) is 4.90 Å². The molecule has 0 aliphatic carbocycles. The highest BCUT2D eigenvalue weighted by molar-refractivity contribution is 6.30. The number of amides is 2. The first-order valence-electron chi connectivity index (χ1n) is 12.6. The molecule has 0 aliphatic heterocycles. The number of esters is 1. The Morgan fingerprint density at radius 2 is 1.54 bits per heavy atom. The van der Waals surface area contributed by atoms with Gasteiger partial charge < -0.3 is 29.2 Å². The molecule has 0 fully saturated rings. The molecule has 3 aromatic carbocycles. The summed E-state index contributed by atoms with van der Waals surface area (Å²) in [5.74, 6) is 1.20. The highest BCUT2D eigenvalue weighted by Crippen LogP contribution is 2.29. The lowest BCUT2D eigenvalue weighted by Gasteiger charge is -2.25. The van der Waals surface area contributed by atoms with Gasteiger partial charge in [0.1, 0.15) is 17.2 Å². The normalized spacial score (nSPS) is 10.9. The SMILES string of the molecule is CCOC(=O)C(C)(C)Oc1ccc(CN(CCc2ccc(Cl)cc2)C(=O)Nc2ccc(OC)cc2OC)cc1. The third kappa shape index (κ3) is 8.55. The number of anilines is 1. The van der Waals surface area contributed by atoms with E-state index in [1.165, 1.54) is 7.11 Å². The molecule has 8 nitrogen and oxygen atoms in total. The van der Waals surface area contributed by atoms with Crippen LogP contribution in [0.4, 0.5) is 10.5 Å². The molecule has 0 bridgehead atoms. The van der Waals surface area contributed by atoms with E-state index in [1.807, 2.05) is 36.4 Å². The summed E-state index contributed by atoms with van der Waals surface area (Å²) < 4.78 is 21.6. The number of urea groups is 1. The second-order valence-corrected chi connectivity index (χ2v) is 9.71. The average Bonchev–Trinajstić information content (AvgIpc) is 2.93. The Kier molecular flexibility index (Phi) is 10.5. The molecule has 0 unspecified atom stereocenters. The van der Waals surface area contributed by atoms with Gasteiger partial charge in [-0.15, -0.1) is 0 Å². The van der Waals surface area contributed by atoms with Crippen molar-refractivity contribution >= 4 is 29.3 Å². The van der Waals surface area contributed by atoms with Crippen molar-refractivity contribution < 1.29 is 28.5 Å². The quantitative estimate of drug-likeness (QED) is 0.262. The highest BCUT2D eigenvalue weighted by atomic mass is 35.5. The van der Waals surface area contributed by atoms with E-state index in [0.717, 1.165) is 11.1 Å². The van der Waals surface area contributed by atoms with Gasteiger partial charge in [-0.3, -0.25) is 0 Å². The topological polar surface area (TPSA) is 86.3 Å². The van der Waals surface area contributed by atoms with Crippen molar-refractivity contribution in [3.05, 3.63) is 82.9 Å². The van der Waals surface area contributed by atoms with Gasteiger partial charge in [0.15, 0.2) is 5.60 Å². The van der Waals surface area contributed by atoms with E-state index >= 15 is 0 Å². The number of halogens is 1. The van der Waals surface area contributed by atoms with Crippen molar-refractivity contribution in [2.45, 2.75) is 39.3 Å². The number of carbonyl (C=O) groups is 2. The zero-order valence-corrected chi connectivity index (χ0v) is 23.7. The van der Waals surface area contributed by atoms with Crippen LogP contribution in [-0.2, 0) is 22.5 Å². The Morgan fingerprint density at radius 1 is 0.897 bits per heavy atom. The molecule has 0 saturated heterocycles. The lowest BCUT2D eigenvalue weighted by molar-refractivity contribution is -0.158. The summed E-state index contributed by atoms with van der Waals surface area (Å²) >= 11 is 6.03. The molecule has 3 aromatic rings. The second-order valence-electron chi connectivity index (χ2n) is 9.27.